The lowest BCUT2D eigenvalue weighted by Crippen LogP contribution is -1.93. The maximum absolute atomic E-state index is 11.0. The zero-order valence-corrected chi connectivity index (χ0v) is 7.03. The molecule has 0 unspecified atom stereocenters. The third-order valence-electron chi connectivity index (χ3n) is 1.83. The second-order valence-corrected chi connectivity index (χ2v) is 2.79. The fourth-order valence-corrected chi connectivity index (χ4v) is 1.12. The van der Waals surface area contributed by atoms with Crippen LogP contribution in [0, 0.1) is 0 Å². The molecule has 0 fully saturated rings. The van der Waals surface area contributed by atoms with Gasteiger partial charge in [0.15, 0.2) is 11.6 Å². The zero-order chi connectivity index (χ0) is 9.42. The van der Waals surface area contributed by atoms with Crippen LogP contribution in [-0.4, -0.2) is 21.0 Å². The first-order valence-electron chi connectivity index (χ1n) is 3.79. The molecule has 0 saturated carbocycles. The van der Waals surface area contributed by atoms with Crippen LogP contribution in [0.25, 0.3) is 11.0 Å². The summed E-state index contributed by atoms with van der Waals surface area (Å²) in [7, 11) is 0. The maximum atomic E-state index is 11.0. The van der Waals surface area contributed by atoms with Crippen LogP contribution in [0.1, 0.15) is 17.3 Å². The molecular formula is C8H8N4O. The van der Waals surface area contributed by atoms with Gasteiger partial charge in [-0.3, -0.25) is 9.89 Å². The predicted molar refractivity (Wildman–Crippen MR) is 48.3 cm³/mol. The first-order chi connectivity index (χ1) is 6.18. The average molecular weight is 176 g/mol. The number of fused-ring (bicyclic) bond motifs is 1. The molecule has 0 spiro atoms. The molecule has 66 valence electrons. The van der Waals surface area contributed by atoms with E-state index in [-0.39, 0.29) is 5.78 Å². The van der Waals surface area contributed by atoms with Crippen molar-refractivity contribution in [2.45, 2.75) is 6.92 Å². The van der Waals surface area contributed by atoms with Crippen LogP contribution in [0.2, 0.25) is 0 Å². The molecule has 0 radical (unpaired) electrons. The first kappa shape index (κ1) is 7.72. The number of aromatic nitrogens is 3. The van der Waals surface area contributed by atoms with Crippen molar-refractivity contribution in [2.75, 3.05) is 5.73 Å². The van der Waals surface area contributed by atoms with Gasteiger partial charge in [0.25, 0.3) is 0 Å². The molecule has 0 aromatic carbocycles. The highest BCUT2D eigenvalue weighted by Gasteiger charge is 2.06. The van der Waals surface area contributed by atoms with Crippen molar-refractivity contribution in [3.8, 4) is 0 Å². The Morgan fingerprint density at radius 2 is 2.38 bits per heavy atom. The summed E-state index contributed by atoms with van der Waals surface area (Å²) in [5.41, 5.74) is 7.35. The van der Waals surface area contributed by atoms with Crippen molar-refractivity contribution in [1.82, 2.24) is 15.2 Å². The van der Waals surface area contributed by atoms with Gasteiger partial charge >= 0.3 is 0 Å². The molecular weight excluding hydrogens is 168 g/mol. The summed E-state index contributed by atoms with van der Waals surface area (Å²) in [6, 6.07) is 1.69. The molecule has 5 heteroatoms. The lowest BCUT2D eigenvalue weighted by atomic mass is 10.2. The van der Waals surface area contributed by atoms with Gasteiger partial charge in [-0.15, -0.1) is 0 Å². The zero-order valence-electron chi connectivity index (χ0n) is 7.03. The molecule has 2 aromatic rings. The van der Waals surface area contributed by atoms with Gasteiger partial charge in [-0.1, -0.05) is 0 Å². The number of anilines is 1. The van der Waals surface area contributed by atoms with Gasteiger partial charge < -0.3 is 5.73 Å². The van der Waals surface area contributed by atoms with Crippen LogP contribution >= 0.6 is 0 Å². The minimum absolute atomic E-state index is 0.0254. The van der Waals surface area contributed by atoms with E-state index in [4.69, 9.17) is 5.73 Å². The average Bonchev–Trinajstić information content (AvgIpc) is 2.47. The summed E-state index contributed by atoms with van der Waals surface area (Å²) in [6.45, 7) is 1.49. The van der Waals surface area contributed by atoms with E-state index in [1.807, 2.05) is 0 Å². The highest BCUT2D eigenvalue weighted by atomic mass is 16.1. The molecule has 0 aliphatic rings. The van der Waals surface area contributed by atoms with Gasteiger partial charge in [-0.05, 0) is 13.0 Å². The summed E-state index contributed by atoms with van der Waals surface area (Å²) >= 11 is 0. The third kappa shape index (κ3) is 1.14. The van der Waals surface area contributed by atoms with Gasteiger partial charge in [0.05, 0.1) is 5.52 Å². The summed E-state index contributed by atoms with van der Waals surface area (Å²) in [6.07, 6.45) is 1.50. The summed E-state index contributed by atoms with van der Waals surface area (Å²) in [5.74, 6) is 0.327. The maximum Gasteiger partial charge on any atom is 0.171 e. The molecule has 0 aliphatic carbocycles. The first-order valence-corrected chi connectivity index (χ1v) is 3.79. The minimum Gasteiger partial charge on any atom is -0.380 e. The SMILES string of the molecule is CC(=O)c1cnc2c(N)n[nH]c2c1. The number of hydrogen-bond acceptors (Lipinski definition) is 4. The van der Waals surface area contributed by atoms with Crippen molar-refractivity contribution < 1.29 is 4.79 Å². The third-order valence-corrected chi connectivity index (χ3v) is 1.83. The topological polar surface area (TPSA) is 84.7 Å². The second-order valence-electron chi connectivity index (χ2n) is 2.79. The van der Waals surface area contributed by atoms with E-state index in [1.165, 1.54) is 13.1 Å². The van der Waals surface area contributed by atoms with Crippen LogP contribution in [0.3, 0.4) is 0 Å². The van der Waals surface area contributed by atoms with Gasteiger partial charge in [-0.2, -0.15) is 5.10 Å². The molecule has 2 aromatic heterocycles. The number of H-pyrrole nitrogens is 1. The monoisotopic (exact) mass is 176 g/mol. The van der Waals surface area contributed by atoms with E-state index in [2.05, 4.69) is 15.2 Å². The van der Waals surface area contributed by atoms with E-state index in [0.717, 1.165) is 0 Å². The number of ketones is 1. The molecule has 0 amide bonds. The Hall–Kier alpha value is -1.91. The van der Waals surface area contributed by atoms with Crippen LogP contribution in [0.4, 0.5) is 5.82 Å². The van der Waals surface area contributed by atoms with Crippen LogP contribution in [0.15, 0.2) is 12.3 Å². The standard InChI is InChI=1S/C8H8N4O/c1-4(13)5-2-6-7(10-3-5)8(9)12-11-6/h2-3H,1H3,(H3,9,11,12). The summed E-state index contributed by atoms with van der Waals surface area (Å²) in [4.78, 5) is 15.0. The number of carbonyl (C=O) groups excluding carboxylic acids is 1. The Bertz CT molecular complexity index is 474. The van der Waals surface area contributed by atoms with Crippen molar-refractivity contribution >= 4 is 22.6 Å². The number of carbonyl (C=O) groups is 1. The van der Waals surface area contributed by atoms with Crippen LogP contribution < -0.4 is 5.73 Å². The molecule has 2 rings (SSSR count). The summed E-state index contributed by atoms with van der Waals surface area (Å²) < 4.78 is 0. The summed E-state index contributed by atoms with van der Waals surface area (Å²) in [5, 5.41) is 6.47. The Morgan fingerprint density at radius 3 is 3.08 bits per heavy atom. The van der Waals surface area contributed by atoms with Crippen LogP contribution in [-0.2, 0) is 0 Å². The van der Waals surface area contributed by atoms with E-state index >= 15 is 0 Å². The lowest BCUT2D eigenvalue weighted by molar-refractivity contribution is 0.101. The Balaban J connectivity index is 2.70. The van der Waals surface area contributed by atoms with Gasteiger partial charge in [-0.25, -0.2) is 4.98 Å². The largest absolute Gasteiger partial charge is 0.380 e. The Kier molecular flexibility index (Phi) is 1.51. The molecule has 3 N–H and O–H groups in total. The van der Waals surface area contributed by atoms with E-state index in [1.54, 1.807) is 6.07 Å². The number of nitrogens with one attached hydrogen (secondary N) is 1. The smallest absolute Gasteiger partial charge is 0.171 e. The van der Waals surface area contributed by atoms with Crippen molar-refractivity contribution in [2.24, 2.45) is 0 Å². The van der Waals surface area contributed by atoms with Gasteiger partial charge in [0, 0.05) is 11.8 Å². The normalized spacial score (nSPS) is 10.5. The highest BCUT2D eigenvalue weighted by Crippen LogP contribution is 2.15. The number of hydrogen-bond donors (Lipinski definition) is 2. The van der Waals surface area contributed by atoms with Crippen molar-refractivity contribution in [3.05, 3.63) is 17.8 Å². The minimum atomic E-state index is -0.0254. The number of Topliss-reactive ketones (excluding diaryl/α,β-unsaturated/α-hetero) is 1. The number of pyridine rings is 1. The molecule has 0 aliphatic heterocycles. The Labute approximate surface area is 74.0 Å². The number of nitrogens with two attached hydrogens (primary N) is 1. The fourth-order valence-electron chi connectivity index (χ4n) is 1.12. The number of nitrogens with zero attached hydrogens (tertiary/aromatic N) is 2. The van der Waals surface area contributed by atoms with Crippen molar-refractivity contribution in [3.63, 3.8) is 0 Å². The molecule has 0 saturated heterocycles. The number of aromatic amines is 1. The molecule has 0 atom stereocenters. The van der Waals surface area contributed by atoms with Crippen LogP contribution in [0.5, 0.6) is 0 Å². The fraction of sp³-hybridized carbons (Fsp3) is 0.125. The lowest BCUT2D eigenvalue weighted by Gasteiger charge is -1.93. The Morgan fingerprint density at radius 1 is 1.62 bits per heavy atom. The quantitative estimate of drug-likeness (QED) is 0.627. The number of rotatable bonds is 1. The number of nitrogen functional groups attached to an aromatic ring is 1. The second kappa shape index (κ2) is 2.55. The predicted octanol–water partition coefficient (Wildman–Crippen LogP) is 0.743. The van der Waals surface area contributed by atoms with Gasteiger partial charge in [0.2, 0.25) is 0 Å². The van der Waals surface area contributed by atoms with Gasteiger partial charge in [0.1, 0.15) is 5.52 Å². The van der Waals surface area contributed by atoms with E-state index in [9.17, 15) is 4.79 Å². The molecule has 2 heterocycles. The molecule has 0 bridgehead atoms. The van der Waals surface area contributed by atoms with E-state index in [0.29, 0.717) is 22.4 Å². The molecule has 5 nitrogen and oxygen atoms in total. The highest BCUT2D eigenvalue weighted by molar-refractivity contribution is 5.97. The molecule has 13 heavy (non-hydrogen) atoms. The van der Waals surface area contributed by atoms with Crippen molar-refractivity contribution in [1.29, 1.82) is 0 Å². The van der Waals surface area contributed by atoms with E-state index < -0.39 is 0 Å².